The number of aliphatic hydroxyl groups excluding tert-OH is 1. The van der Waals surface area contributed by atoms with E-state index < -0.39 is 11.7 Å². The summed E-state index contributed by atoms with van der Waals surface area (Å²) in [6, 6.07) is 3.81. The molecule has 0 saturated heterocycles. The number of hydrogen-bond acceptors (Lipinski definition) is 3. The van der Waals surface area contributed by atoms with Gasteiger partial charge in [-0.1, -0.05) is 17.7 Å². The van der Waals surface area contributed by atoms with Gasteiger partial charge in [0.05, 0.1) is 30.4 Å². The van der Waals surface area contributed by atoms with Crippen molar-refractivity contribution in [2.24, 2.45) is 0 Å². The first-order valence-electron chi connectivity index (χ1n) is 5.70. The van der Waals surface area contributed by atoms with Gasteiger partial charge in [0.1, 0.15) is 0 Å². The number of ether oxygens (including phenoxy) is 1. The Balaban J connectivity index is 2.47. The van der Waals surface area contributed by atoms with Gasteiger partial charge in [-0.25, -0.2) is 0 Å². The minimum atomic E-state index is -4.45. The maximum Gasteiger partial charge on any atom is 0.417 e. The van der Waals surface area contributed by atoms with Gasteiger partial charge in [-0.2, -0.15) is 13.2 Å². The van der Waals surface area contributed by atoms with Crippen molar-refractivity contribution in [3.05, 3.63) is 34.3 Å². The van der Waals surface area contributed by atoms with E-state index in [1.165, 1.54) is 6.07 Å². The first-order chi connectivity index (χ1) is 8.95. The van der Waals surface area contributed by atoms with Crippen molar-refractivity contribution in [1.29, 1.82) is 0 Å². The molecule has 0 saturated carbocycles. The Morgan fingerprint density at radius 2 is 2.00 bits per heavy atom. The van der Waals surface area contributed by atoms with Crippen molar-refractivity contribution in [3.63, 3.8) is 0 Å². The van der Waals surface area contributed by atoms with Gasteiger partial charge in [0.2, 0.25) is 0 Å². The molecule has 1 rings (SSSR count). The fraction of sp³-hybridized carbons (Fsp3) is 0.500. The maximum absolute atomic E-state index is 12.6. The van der Waals surface area contributed by atoms with Crippen molar-refractivity contribution in [2.45, 2.75) is 12.7 Å². The predicted molar refractivity (Wildman–Crippen MR) is 66.1 cm³/mol. The fourth-order valence-corrected chi connectivity index (χ4v) is 1.67. The molecule has 0 heterocycles. The molecule has 0 fully saturated rings. The van der Waals surface area contributed by atoms with E-state index in [0.717, 1.165) is 6.07 Å². The maximum atomic E-state index is 12.6. The van der Waals surface area contributed by atoms with Gasteiger partial charge in [0, 0.05) is 13.1 Å². The highest BCUT2D eigenvalue weighted by Crippen LogP contribution is 2.35. The van der Waals surface area contributed by atoms with E-state index >= 15 is 0 Å². The van der Waals surface area contributed by atoms with Crippen LogP contribution in [0.3, 0.4) is 0 Å². The monoisotopic (exact) mass is 297 g/mol. The molecule has 7 heteroatoms. The van der Waals surface area contributed by atoms with Crippen LogP contribution >= 0.6 is 11.6 Å². The van der Waals surface area contributed by atoms with Crippen LogP contribution in [0.25, 0.3) is 0 Å². The minimum Gasteiger partial charge on any atom is -0.394 e. The zero-order valence-corrected chi connectivity index (χ0v) is 10.9. The van der Waals surface area contributed by atoms with Gasteiger partial charge < -0.3 is 15.2 Å². The lowest BCUT2D eigenvalue weighted by molar-refractivity contribution is -0.137. The lowest BCUT2D eigenvalue weighted by atomic mass is 10.1. The summed E-state index contributed by atoms with van der Waals surface area (Å²) >= 11 is 5.52. The standard InChI is InChI=1S/C12H15ClF3NO2/c13-11-2-1-9(7-10(11)12(14,15)16)8-17-3-5-19-6-4-18/h1-2,7,17-18H,3-6,8H2. The Morgan fingerprint density at radius 1 is 1.26 bits per heavy atom. The smallest absolute Gasteiger partial charge is 0.394 e. The van der Waals surface area contributed by atoms with Gasteiger partial charge in [-0.3, -0.25) is 0 Å². The summed E-state index contributed by atoms with van der Waals surface area (Å²) in [6.45, 7) is 1.37. The molecule has 1 aromatic rings. The first kappa shape index (κ1) is 16.2. The summed E-state index contributed by atoms with van der Waals surface area (Å²) in [5.74, 6) is 0. The van der Waals surface area contributed by atoms with Crippen LogP contribution in [0.1, 0.15) is 11.1 Å². The summed E-state index contributed by atoms with van der Waals surface area (Å²) in [5.41, 5.74) is -0.330. The van der Waals surface area contributed by atoms with Crippen LogP contribution in [-0.4, -0.2) is 31.5 Å². The van der Waals surface area contributed by atoms with E-state index in [1.54, 1.807) is 6.07 Å². The van der Waals surface area contributed by atoms with Crippen LogP contribution in [0.4, 0.5) is 13.2 Å². The van der Waals surface area contributed by atoms with Gasteiger partial charge in [-0.05, 0) is 17.7 Å². The molecule has 0 aliphatic rings. The van der Waals surface area contributed by atoms with Crippen molar-refractivity contribution >= 4 is 11.6 Å². The third-order valence-electron chi connectivity index (χ3n) is 2.32. The summed E-state index contributed by atoms with van der Waals surface area (Å²) < 4.78 is 42.8. The Hall–Kier alpha value is -0.820. The van der Waals surface area contributed by atoms with Crippen LogP contribution < -0.4 is 5.32 Å². The Bertz CT molecular complexity index is 399. The summed E-state index contributed by atoms with van der Waals surface area (Å²) in [4.78, 5) is 0. The molecule has 0 aliphatic heterocycles. The Morgan fingerprint density at radius 3 is 2.63 bits per heavy atom. The second-order valence-corrected chi connectivity index (χ2v) is 4.23. The predicted octanol–water partition coefficient (Wildman–Crippen LogP) is 2.46. The lowest BCUT2D eigenvalue weighted by Crippen LogP contribution is -2.20. The van der Waals surface area contributed by atoms with Crippen LogP contribution in [0.5, 0.6) is 0 Å². The van der Waals surface area contributed by atoms with Crippen molar-refractivity contribution in [3.8, 4) is 0 Å². The molecular weight excluding hydrogens is 283 g/mol. The molecule has 0 aliphatic carbocycles. The molecule has 0 bridgehead atoms. The molecule has 0 amide bonds. The zero-order chi connectivity index (χ0) is 14.3. The van der Waals surface area contributed by atoms with E-state index in [2.05, 4.69) is 5.32 Å². The number of hydrogen-bond donors (Lipinski definition) is 2. The van der Waals surface area contributed by atoms with E-state index in [0.29, 0.717) is 25.3 Å². The zero-order valence-electron chi connectivity index (χ0n) is 10.1. The van der Waals surface area contributed by atoms with Gasteiger partial charge in [-0.15, -0.1) is 0 Å². The largest absolute Gasteiger partial charge is 0.417 e. The average Bonchev–Trinajstić information content (AvgIpc) is 2.34. The van der Waals surface area contributed by atoms with E-state index in [1.807, 2.05) is 0 Å². The van der Waals surface area contributed by atoms with Crippen molar-refractivity contribution in [2.75, 3.05) is 26.4 Å². The van der Waals surface area contributed by atoms with Crippen molar-refractivity contribution < 1.29 is 23.0 Å². The second-order valence-electron chi connectivity index (χ2n) is 3.82. The molecule has 0 atom stereocenters. The van der Waals surface area contributed by atoms with Crippen LogP contribution in [0.2, 0.25) is 5.02 Å². The highest BCUT2D eigenvalue weighted by molar-refractivity contribution is 6.31. The van der Waals surface area contributed by atoms with E-state index in [4.69, 9.17) is 21.4 Å². The fourth-order valence-electron chi connectivity index (χ4n) is 1.44. The topological polar surface area (TPSA) is 41.5 Å². The van der Waals surface area contributed by atoms with Crippen LogP contribution in [0.15, 0.2) is 18.2 Å². The number of nitrogens with one attached hydrogen (secondary N) is 1. The molecular formula is C12H15ClF3NO2. The summed E-state index contributed by atoms with van der Waals surface area (Å²) in [6.07, 6.45) is -4.45. The molecule has 0 radical (unpaired) electrons. The van der Waals surface area contributed by atoms with Crippen molar-refractivity contribution in [1.82, 2.24) is 5.32 Å². The molecule has 19 heavy (non-hydrogen) atoms. The van der Waals surface area contributed by atoms with E-state index in [9.17, 15) is 13.2 Å². The molecule has 108 valence electrons. The van der Waals surface area contributed by atoms with Gasteiger partial charge in [0.15, 0.2) is 0 Å². The van der Waals surface area contributed by atoms with Crippen LogP contribution in [0, 0.1) is 0 Å². The van der Waals surface area contributed by atoms with Gasteiger partial charge in [0.25, 0.3) is 0 Å². The number of benzene rings is 1. The minimum absolute atomic E-state index is 0.0495. The number of halogens is 4. The Labute approximate surface area is 114 Å². The molecule has 0 unspecified atom stereocenters. The van der Waals surface area contributed by atoms with E-state index in [-0.39, 0.29) is 18.2 Å². The molecule has 0 aromatic heterocycles. The highest BCUT2D eigenvalue weighted by Gasteiger charge is 2.33. The Kier molecular flexibility index (Phi) is 6.57. The number of alkyl halides is 3. The number of rotatable bonds is 7. The lowest BCUT2D eigenvalue weighted by Gasteiger charge is -2.11. The normalized spacial score (nSPS) is 11.8. The molecule has 2 N–H and O–H groups in total. The molecule has 3 nitrogen and oxygen atoms in total. The quantitative estimate of drug-likeness (QED) is 0.760. The third-order valence-corrected chi connectivity index (χ3v) is 2.65. The number of aliphatic hydroxyl groups is 1. The summed E-state index contributed by atoms with van der Waals surface area (Å²) in [5, 5.41) is 11.1. The van der Waals surface area contributed by atoms with Crippen LogP contribution in [-0.2, 0) is 17.5 Å². The molecule has 0 spiro atoms. The third kappa shape index (κ3) is 5.78. The molecule has 1 aromatic carbocycles. The SMILES string of the molecule is OCCOCCNCc1ccc(Cl)c(C(F)(F)F)c1. The summed E-state index contributed by atoms with van der Waals surface area (Å²) in [7, 11) is 0. The first-order valence-corrected chi connectivity index (χ1v) is 6.08. The highest BCUT2D eigenvalue weighted by atomic mass is 35.5. The van der Waals surface area contributed by atoms with Gasteiger partial charge >= 0.3 is 6.18 Å². The average molecular weight is 298 g/mol. The second kappa shape index (κ2) is 7.69.